The number of halogens is 6. The van der Waals surface area contributed by atoms with Crippen molar-refractivity contribution in [2.75, 3.05) is 5.75 Å². The summed E-state index contributed by atoms with van der Waals surface area (Å²) in [5.41, 5.74) is -6.00. The summed E-state index contributed by atoms with van der Waals surface area (Å²) in [6.45, 7) is 1.50. The third kappa shape index (κ3) is 6.36. The molecule has 2 N–H and O–H groups in total. The zero-order valence-corrected chi connectivity index (χ0v) is 18.7. The summed E-state index contributed by atoms with van der Waals surface area (Å²) < 4.78 is 117. The number of carbonyl (C=O) groups excluding carboxylic acids is 1. The lowest BCUT2D eigenvalue weighted by Crippen LogP contribution is -2.63. The van der Waals surface area contributed by atoms with Crippen LogP contribution >= 0.6 is 0 Å². The average molecular weight is 529 g/mol. The molecule has 35 heavy (non-hydrogen) atoms. The lowest BCUT2D eigenvalue weighted by Gasteiger charge is -2.37. The number of phenolic OH excluding ortho intramolecular Hbond substituents is 2. The number of alkyl halides is 6. The normalized spacial score (nSPS) is 13.5. The fourth-order valence-electron chi connectivity index (χ4n) is 3.43. The van der Waals surface area contributed by atoms with Crippen LogP contribution in [0.15, 0.2) is 48.5 Å². The second kappa shape index (κ2) is 9.57. The van der Waals surface area contributed by atoms with E-state index in [1.54, 1.807) is 0 Å². The van der Waals surface area contributed by atoms with Crippen LogP contribution in [-0.4, -0.2) is 52.9 Å². The van der Waals surface area contributed by atoms with Gasteiger partial charge in [-0.3, -0.25) is 4.79 Å². The Morgan fingerprint density at radius 2 is 1.23 bits per heavy atom. The number of phenols is 2. The summed E-state index contributed by atoms with van der Waals surface area (Å²) in [7, 11) is -6.15. The van der Waals surface area contributed by atoms with Crippen molar-refractivity contribution in [3.05, 3.63) is 59.7 Å². The van der Waals surface area contributed by atoms with Gasteiger partial charge in [0, 0.05) is 11.8 Å². The van der Waals surface area contributed by atoms with E-state index in [1.807, 2.05) is 0 Å². The molecule has 0 heterocycles. The van der Waals surface area contributed by atoms with Crippen LogP contribution in [0.3, 0.4) is 0 Å². The van der Waals surface area contributed by atoms with Crippen molar-refractivity contribution in [1.82, 2.24) is 0 Å². The summed E-state index contributed by atoms with van der Waals surface area (Å²) in [5.74, 6) is -5.40. The fraction of sp³-hybridized carbons (Fsp3) is 0.381. The third-order valence-corrected chi connectivity index (χ3v) is 6.18. The van der Waals surface area contributed by atoms with Gasteiger partial charge in [0.15, 0.2) is 0 Å². The maximum Gasteiger partial charge on any atom is 0.438 e. The van der Waals surface area contributed by atoms with E-state index < -0.39 is 58.1 Å². The Morgan fingerprint density at radius 1 is 0.857 bits per heavy atom. The first-order valence-corrected chi connectivity index (χ1v) is 11.3. The predicted octanol–water partition coefficient (Wildman–Crippen LogP) is 4.14. The molecule has 0 saturated heterocycles. The largest absolute Gasteiger partial charge is 0.748 e. The topological polar surface area (TPSA) is 124 Å². The van der Waals surface area contributed by atoms with Gasteiger partial charge in [0.2, 0.25) is 0 Å². The standard InChI is InChI=1S/C21H20F6O7S/c1-18(13-2-6-15(28)7-3-13,14-4-8-16(29)9-5-14)11-10-17(30)34-19(20(22,23)24,21(25,26)27)12-35(31,32)33/h2-9,28-29H,10-12H2,1H3,(H,31,32,33)/p-1. The summed E-state index contributed by atoms with van der Waals surface area (Å²) in [6, 6.07) is 10.7. The Kier molecular flexibility index (Phi) is 7.72. The second-order valence-corrected chi connectivity index (χ2v) is 9.33. The van der Waals surface area contributed by atoms with Gasteiger partial charge in [-0.15, -0.1) is 0 Å². The molecule has 0 aliphatic heterocycles. The number of aromatic hydroxyl groups is 2. The molecule has 0 radical (unpaired) electrons. The molecule has 194 valence electrons. The van der Waals surface area contributed by atoms with Gasteiger partial charge < -0.3 is 19.5 Å². The van der Waals surface area contributed by atoms with Gasteiger partial charge >= 0.3 is 23.9 Å². The van der Waals surface area contributed by atoms with Crippen LogP contribution in [0.4, 0.5) is 26.3 Å². The highest BCUT2D eigenvalue weighted by Crippen LogP contribution is 2.47. The van der Waals surface area contributed by atoms with Crippen molar-refractivity contribution in [1.29, 1.82) is 0 Å². The Bertz CT molecular complexity index is 1080. The molecule has 0 unspecified atom stereocenters. The number of ether oxygens (including phenoxy) is 1. The Labute approximate surface area is 195 Å². The van der Waals surface area contributed by atoms with E-state index in [9.17, 15) is 54.3 Å². The van der Waals surface area contributed by atoms with E-state index in [-0.39, 0.29) is 11.5 Å². The summed E-state index contributed by atoms with van der Waals surface area (Å²) >= 11 is 0. The van der Waals surface area contributed by atoms with Gasteiger partial charge in [-0.1, -0.05) is 31.2 Å². The smallest absolute Gasteiger partial charge is 0.438 e. The van der Waals surface area contributed by atoms with Crippen LogP contribution in [0, 0.1) is 0 Å². The highest BCUT2D eigenvalue weighted by atomic mass is 32.2. The molecular formula is C21H19F6O7S-. The van der Waals surface area contributed by atoms with Crippen LogP contribution in [0.5, 0.6) is 11.5 Å². The van der Waals surface area contributed by atoms with Crippen LogP contribution in [0.25, 0.3) is 0 Å². The average Bonchev–Trinajstić information content (AvgIpc) is 2.70. The zero-order chi connectivity index (χ0) is 26.9. The molecule has 2 rings (SSSR count). The summed E-state index contributed by atoms with van der Waals surface area (Å²) in [6.07, 6.45) is -14.4. The lowest BCUT2D eigenvalue weighted by atomic mass is 9.73. The maximum absolute atomic E-state index is 13.4. The number of carbonyl (C=O) groups is 1. The minimum absolute atomic E-state index is 0.139. The van der Waals surface area contributed by atoms with E-state index in [4.69, 9.17) is 0 Å². The molecule has 2 aromatic carbocycles. The number of rotatable bonds is 8. The van der Waals surface area contributed by atoms with E-state index in [1.165, 1.54) is 55.5 Å². The quantitative estimate of drug-likeness (QED) is 0.299. The van der Waals surface area contributed by atoms with Crippen molar-refractivity contribution < 1.29 is 59.1 Å². The first-order chi connectivity index (χ1) is 15.8. The lowest BCUT2D eigenvalue weighted by molar-refractivity contribution is -0.361. The monoisotopic (exact) mass is 529 g/mol. The molecule has 0 aliphatic rings. The van der Waals surface area contributed by atoms with Gasteiger partial charge in [-0.25, -0.2) is 8.42 Å². The zero-order valence-electron chi connectivity index (χ0n) is 17.9. The minimum Gasteiger partial charge on any atom is -0.748 e. The predicted molar refractivity (Wildman–Crippen MR) is 107 cm³/mol. The first-order valence-electron chi connectivity index (χ1n) is 9.69. The van der Waals surface area contributed by atoms with Crippen molar-refractivity contribution in [3.8, 4) is 11.5 Å². The van der Waals surface area contributed by atoms with E-state index >= 15 is 0 Å². The van der Waals surface area contributed by atoms with Crippen molar-refractivity contribution in [2.24, 2.45) is 0 Å². The molecule has 0 atom stereocenters. The Morgan fingerprint density at radius 3 is 1.54 bits per heavy atom. The van der Waals surface area contributed by atoms with Crippen molar-refractivity contribution >= 4 is 16.1 Å². The molecular weight excluding hydrogens is 510 g/mol. The highest BCUT2D eigenvalue weighted by molar-refractivity contribution is 7.85. The Balaban J connectivity index is 2.44. The first kappa shape index (κ1) is 28.2. The third-order valence-electron chi connectivity index (χ3n) is 5.42. The van der Waals surface area contributed by atoms with Crippen molar-refractivity contribution in [2.45, 2.75) is 43.1 Å². The Hall–Kier alpha value is -3.00. The van der Waals surface area contributed by atoms with Gasteiger partial charge in [-0.2, -0.15) is 26.3 Å². The molecule has 2 aromatic rings. The van der Waals surface area contributed by atoms with E-state index in [0.29, 0.717) is 11.1 Å². The van der Waals surface area contributed by atoms with Gasteiger partial charge in [0.25, 0.3) is 0 Å². The number of esters is 1. The number of hydrogen-bond acceptors (Lipinski definition) is 7. The number of benzene rings is 2. The van der Waals surface area contributed by atoms with Gasteiger partial charge in [0.1, 0.15) is 11.5 Å². The van der Waals surface area contributed by atoms with E-state index in [2.05, 4.69) is 4.74 Å². The van der Waals surface area contributed by atoms with Crippen LogP contribution in [0.2, 0.25) is 0 Å². The molecule has 0 saturated carbocycles. The van der Waals surface area contributed by atoms with E-state index in [0.717, 1.165) is 0 Å². The molecule has 14 heteroatoms. The highest BCUT2D eigenvalue weighted by Gasteiger charge is 2.75. The van der Waals surface area contributed by atoms with Crippen LogP contribution < -0.4 is 0 Å². The SMILES string of the molecule is CC(CCC(=O)OC(CS(=O)(=O)[O-])(C(F)(F)F)C(F)(F)F)(c1ccc(O)cc1)c1ccc(O)cc1. The molecule has 0 amide bonds. The summed E-state index contributed by atoms with van der Waals surface area (Å²) in [5, 5.41) is 19.1. The van der Waals surface area contributed by atoms with Crippen LogP contribution in [-0.2, 0) is 25.1 Å². The van der Waals surface area contributed by atoms with Gasteiger partial charge in [-0.05, 0) is 41.8 Å². The maximum atomic E-state index is 13.4. The molecule has 0 aromatic heterocycles. The molecule has 0 fully saturated rings. The fourth-order valence-corrected chi connectivity index (χ4v) is 4.31. The van der Waals surface area contributed by atoms with Crippen molar-refractivity contribution in [3.63, 3.8) is 0 Å². The molecule has 7 nitrogen and oxygen atoms in total. The summed E-state index contributed by atoms with van der Waals surface area (Å²) in [4.78, 5) is 12.3. The second-order valence-electron chi connectivity index (χ2n) is 7.92. The molecule has 0 bridgehead atoms. The van der Waals surface area contributed by atoms with Crippen LogP contribution in [0.1, 0.15) is 30.9 Å². The minimum atomic E-state index is -6.46. The van der Waals surface area contributed by atoms with Gasteiger partial charge in [0.05, 0.1) is 15.9 Å². The number of hydrogen-bond donors (Lipinski definition) is 2. The molecule has 0 spiro atoms. The molecule has 0 aliphatic carbocycles.